The molecule has 0 heterocycles. The van der Waals surface area contributed by atoms with Gasteiger partial charge in [0.15, 0.2) is 0 Å². The molecular formula is C10H20O. The van der Waals surface area contributed by atoms with Crippen LogP contribution in [0, 0.1) is 5.92 Å². The molecule has 0 amide bonds. The number of aliphatic hydroxyl groups excluding tert-OH is 1. The Hall–Kier alpha value is -0.0400. The first kappa shape index (κ1) is 9.05. The van der Waals surface area contributed by atoms with Crippen molar-refractivity contribution in [3.05, 3.63) is 0 Å². The molecule has 1 nitrogen and oxygen atoms in total. The van der Waals surface area contributed by atoms with Crippen LogP contribution in [0.25, 0.3) is 0 Å². The lowest BCUT2D eigenvalue weighted by atomic mass is 9.81. The molecule has 1 N–H and O–H groups in total. The minimum absolute atomic E-state index is 0.0133. The number of aliphatic hydroxyl groups is 1. The van der Waals surface area contributed by atoms with Gasteiger partial charge in [0, 0.05) is 0 Å². The van der Waals surface area contributed by atoms with E-state index in [1.165, 1.54) is 25.7 Å². The van der Waals surface area contributed by atoms with Crippen LogP contribution in [0.3, 0.4) is 0 Å². The van der Waals surface area contributed by atoms with Crippen molar-refractivity contribution >= 4 is 0 Å². The van der Waals surface area contributed by atoms with Crippen LogP contribution in [-0.2, 0) is 0 Å². The molecule has 1 aliphatic carbocycles. The molecule has 0 aromatic heterocycles. The summed E-state index contributed by atoms with van der Waals surface area (Å²) in [5.41, 5.74) is 0. The van der Waals surface area contributed by atoms with Crippen LogP contribution in [0.15, 0.2) is 0 Å². The van der Waals surface area contributed by atoms with Gasteiger partial charge in [0.1, 0.15) is 0 Å². The summed E-state index contributed by atoms with van der Waals surface area (Å²) >= 11 is 0. The molecule has 0 aromatic rings. The van der Waals surface area contributed by atoms with E-state index in [9.17, 15) is 5.11 Å². The zero-order chi connectivity index (χ0) is 8.10. The third-order valence-corrected chi connectivity index (χ3v) is 2.75. The van der Waals surface area contributed by atoms with Crippen LogP contribution in [0.4, 0.5) is 0 Å². The first-order chi connectivity index (χ1) is 5.33. The zero-order valence-electron chi connectivity index (χ0n) is 7.55. The van der Waals surface area contributed by atoms with Gasteiger partial charge in [-0.15, -0.1) is 0 Å². The van der Waals surface area contributed by atoms with Gasteiger partial charge < -0.3 is 5.11 Å². The van der Waals surface area contributed by atoms with E-state index in [1.54, 1.807) is 0 Å². The first-order valence-electron chi connectivity index (χ1n) is 5.01. The van der Waals surface area contributed by atoms with Crippen molar-refractivity contribution in [3.8, 4) is 0 Å². The fraction of sp³-hybridized carbons (Fsp3) is 1.00. The van der Waals surface area contributed by atoms with Gasteiger partial charge in [0.05, 0.1) is 6.10 Å². The van der Waals surface area contributed by atoms with Crippen LogP contribution >= 0.6 is 0 Å². The van der Waals surface area contributed by atoms with Gasteiger partial charge in [0.2, 0.25) is 0 Å². The van der Waals surface area contributed by atoms with E-state index in [1.807, 2.05) is 0 Å². The second-order valence-corrected chi connectivity index (χ2v) is 3.82. The third-order valence-electron chi connectivity index (χ3n) is 2.75. The van der Waals surface area contributed by atoms with Gasteiger partial charge in [-0.05, 0) is 25.2 Å². The molecule has 11 heavy (non-hydrogen) atoms. The highest BCUT2D eigenvalue weighted by Crippen LogP contribution is 2.31. The molecule has 1 rings (SSSR count). The molecule has 66 valence electrons. The summed E-state index contributed by atoms with van der Waals surface area (Å²) in [4.78, 5) is 0. The van der Waals surface area contributed by atoms with Gasteiger partial charge in [-0.25, -0.2) is 0 Å². The van der Waals surface area contributed by atoms with Gasteiger partial charge in [-0.2, -0.15) is 0 Å². The molecule has 1 atom stereocenters. The molecule has 1 fully saturated rings. The highest BCUT2D eigenvalue weighted by atomic mass is 16.3. The highest BCUT2D eigenvalue weighted by Gasteiger charge is 2.17. The van der Waals surface area contributed by atoms with Crippen LogP contribution in [0.1, 0.15) is 51.9 Å². The molecule has 0 aromatic carbocycles. The van der Waals surface area contributed by atoms with E-state index in [0.717, 1.165) is 25.2 Å². The summed E-state index contributed by atoms with van der Waals surface area (Å²) in [7, 11) is 0. The molecule has 0 spiro atoms. The molecular weight excluding hydrogens is 136 g/mol. The summed E-state index contributed by atoms with van der Waals surface area (Å²) in [5, 5.41) is 9.42. The van der Waals surface area contributed by atoms with E-state index in [2.05, 4.69) is 6.92 Å². The average Bonchev–Trinajstić information content (AvgIpc) is 1.85. The summed E-state index contributed by atoms with van der Waals surface area (Å²) < 4.78 is 0. The quantitative estimate of drug-likeness (QED) is 0.649. The molecule has 0 radical (unpaired) electrons. The topological polar surface area (TPSA) is 20.2 Å². The maximum absolute atomic E-state index is 9.42. The van der Waals surface area contributed by atoms with Crippen molar-refractivity contribution < 1.29 is 5.11 Å². The number of hydrogen-bond acceptors (Lipinski definition) is 1. The highest BCUT2D eigenvalue weighted by molar-refractivity contribution is 4.70. The molecule has 0 saturated heterocycles. The second-order valence-electron chi connectivity index (χ2n) is 3.82. The Labute approximate surface area is 69.8 Å². The van der Waals surface area contributed by atoms with Crippen molar-refractivity contribution in [2.24, 2.45) is 5.92 Å². The lowest BCUT2D eigenvalue weighted by Crippen LogP contribution is -2.14. The molecule has 1 unspecified atom stereocenters. The number of hydrogen-bond donors (Lipinski definition) is 1. The van der Waals surface area contributed by atoms with E-state index in [-0.39, 0.29) is 6.10 Å². The van der Waals surface area contributed by atoms with Gasteiger partial charge in [-0.3, -0.25) is 0 Å². The fourth-order valence-corrected chi connectivity index (χ4v) is 1.69. The van der Waals surface area contributed by atoms with Crippen molar-refractivity contribution in [1.82, 2.24) is 0 Å². The Morgan fingerprint density at radius 1 is 1.36 bits per heavy atom. The largest absolute Gasteiger partial charge is 0.393 e. The average molecular weight is 156 g/mol. The molecule has 1 heteroatoms. The van der Waals surface area contributed by atoms with Gasteiger partial charge >= 0.3 is 0 Å². The normalized spacial score (nSPS) is 21.3. The maximum Gasteiger partial charge on any atom is 0.0540 e. The minimum atomic E-state index is -0.0133. The summed E-state index contributed by atoms with van der Waals surface area (Å²) in [6.07, 6.45) is 8.66. The standard InChI is InChI=1S/C10H20O/c1-2-4-10(11)8-7-9-5-3-6-9/h9-11H,2-8H2,1H3. The van der Waals surface area contributed by atoms with Crippen molar-refractivity contribution in [1.29, 1.82) is 0 Å². The summed E-state index contributed by atoms with van der Waals surface area (Å²) in [6.45, 7) is 2.13. The number of rotatable bonds is 5. The Balaban J connectivity index is 1.92. The third kappa shape index (κ3) is 3.24. The summed E-state index contributed by atoms with van der Waals surface area (Å²) in [5.74, 6) is 0.960. The lowest BCUT2D eigenvalue weighted by molar-refractivity contribution is 0.134. The summed E-state index contributed by atoms with van der Waals surface area (Å²) in [6, 6.07) is 0. The monoisotopic (exact) mass is 156 g/mol. The first-order valence-corrected chi connectivity index (χ1v) is 5.01. The SMILES string of the molecule is CCCC(O)CCC1CCC1. The van der Waals surface area contributed by atoms with E-state index in [0.29, 0.717) is 0 Å². The molecule has 1 saturated carbocycles. The Kier molecular flexibility index (Phi) is 3.92. The zero-order valence-corrected chi connectivity index (χ0v) is 7.55. The van der Waals surface area contributed by atoms with E-state index < -0.39 is 0 Å². The Bertz CT molecular complexity index is 97.0. The Morgan fingerprint density at radius 3 is 2.55 bits per heavy atom. The molecule has 0 bridgehead atoms. The lowest BCUT2D eigenvalue weighted by Gasteiger charge is -2.26. The predicted octanol–water partition coefficient (Wildman–Crippen LogP) is 2.73. The molecule has 1 aliphatic rings. The van der Waals surface area contributed by atoms with Crippen molar-refractivity contribution in [3.63, 3.8) is 0 Å². The van der Waals surface area contributed by atoms with Gasteiger partial charge in [-0.1, -0.05) is 32.6 Å². The minimum Gasteiger partial charge on any atom is -0.393 e. The van der Waals surface area contributed by atoms with Crippen LogP contribution < -0.4 is 0 Å². The smallest absolute Gasteiger partial charge is 0.0540 e. The van der Waals surface area contributed by atoms with E-state index in [4.69, 9.17) is 0 Å². The van der Waals surface area contributed by atoms with Crippen LogP contribution in [-0.4, -0.2) is 11.2 Å². The fourth-order valence-electron chi connectivity index (χ4n) is 1.69. The second kappa shape index (κ2) is 4.76. The molecule has 0 aliphatic heterocycles. The predicted molar refractivity (Wildman–Crippen MR) is 47.5 cm³/mol. The van der Waals surface area contributed by atoms with Crippen LogP contribution in [0.5, 0.6) is 0 Å². The van der Waals surface area contributed by atoms with E-state index >= 15 is 0 Å². The van der Waals surface area contributed by atoms with Gasteiger partial charge in [0.25, 0.3) is 0 Å². The maximum atomic E-state index is 9.42. The Morgan fingerprint density at radius 2 is 2.09 bits per heavy atom. The van der Waals surface area contributed by atoms with Crippen molar-refractivity contribution in [2.75, 3.05) is 0 Å². The van der Waals surface area contributed by atoms with Crippen molar-refractivity contribution in [2.45, 2.75) is 58.0 Å². The van der Waals surface area contributed by atoms with Crippen LogP contribution in [0.2, 0.25) is 0 Å².